The Morgan fingerprint density at radius 2 is 1.07 bits per heavy atom. The first kappa shape index (κ1) is 66.5. The molecule has 2 N–H and O–H groups in total. The summed E-state index contributed by atoms with van der Waals surface area (Å²) in [6.45, 7) is 11.9. The molecular weight excluding hydrogens is 1270 g/mol. The molecule has 94 heavy (non-hydrogen) atoms. The van der Waals surface area contributed by atoms with E-state index in [1.54, 1.807) is 26.0 Å². The van der Waals surface area contributed by atoms with Crippen molar-refractivity contribution in [1.29, 1.82) is 0 Å². The Kier molecular flexibility index (Phi) is 18.8. The van der Waals surface area contributed by atoms with Crippen LogP contribution in [0.4, 0.5) is 11.4 Å². The molecule has 14 atom stereocenters. The SMILES string of the molecule is C[C@@H]1[C@@H](C)CCC[C@H](C2OCC(N(C)C)CO2)[C@@H]2CC[C@H]2CN2C[C@@]3(CCCc4cc(Cl)ccc43)COc3c(C4COC([C@H]5CCC[C@H](C)[C@@H](C)S(=O)(=O)NC(=O)c6ccc7c(c6)N(C[C@@H]6CC[C@H]65)C[C@@]5(CCCc6cc(Cl)ccc65)CO7)O4)cc(cc32)C(=O)NS1(=O)=O. The zero-order chi connectivity index (χ0) is 65.6. The van der Waals surface area contributed by atoms with Crippen molar-refractivity contribution in [2.24, 2.45) is 47.3 Å². The number of ether oxygens (including phenoxy) is 6. The monoisotopic (exact) mass is 1370 g/mol. The number of sulfonamides is 2. The topological polar surface area (TPSA) is 192 Å². The first-order valence-corrected chi connectivity index (χ1v) is 38.8. The fourth-order valence-corrected chi connectivity index (χ4v) is 21.2. The summed E-state index contributed by atoms with van der Waals surface area (Å²) in [7, 11) is -4.16. The van der Waals surface area contributed by atoms with E-state index in [4.69, 9.17) is 51.6 Å². The molecule has 2 spiro atoms. The third-order valence-electron chi connectivity index (χ3n) is 24.5. The van der Waals surface area contributed by atoms with E-state index in [-0.39, 0.29) is 82.8 Å². The number of carbonyl (C=O) groups excluding carboxylic acids is 2. The van der Waals surface area contributed by atoms with Gasteiger partial charge in [-0.05, 0) is 230 Å². The highest BCUT2D eigenvalue weighted by Gasteiger charge is 2.51. The van der Waals surface area contributed by atoms with Crippen LogP contribution in [0.3, 0.4) is 0 Å². The van der Waals surface area contributed by atoms with Crippen molar-refractivity contribution in [1.82, 2.24) is 14.3 Å². The summed E-state index contributed by atoms with van der Waals surface area (Å²) in [6, 6.07) is 21.6. The van der Waals surface area contributed by atoms with Crippen molar-refractivity contribution in [2.45, 2.75) is 176 Å². The van der Waals surface area contributed by atoms with Gasteiger partial charge in [-0.2, -0.15) is 0 Å². The molecule has 10 aliphatic rings. The van der Waals surface area contributed by atoms with Gasteiger partial charge in [0.25, 0.3) is 11.8 Å². The van der Waals surface area contributed by atoms with E-state index < -0.39 is 60.2 Å². The van der Waals surface area contributed by atoms with Gasteiger partial charge in [0.2, 0.25) is 20.0 Å². The van der Waals surface area contributed by atoms with Crippen LogP contribution in [-0.2, 0) is 62.7 Å². The van der Waals surface area contributed by atoms with E-state index in [1.807, 2.05) is 44.2 Å². The number of anilines is 2. The predicted octanol–water partition coefficient (Wildman–Crippen LogP) is 12.2. The summed E-state index contributed by atoms with van der Waals surface area (Å²) in [6.07, 6.45) is 11.8. The summed E-state index contributed by atoms with van der Waals surface area (Å²) < 4.78 is 105. The van der Waals surface area contributed by atoms with Gasteiger partial charge in [0, 0.05) is 75.6 Å². The minimum Gasteiger partial charge on any atom is -0.490 e. The third-order valence-corrected chi connectivity index (χ3v) is 28.8. The van der Waals surface area contributed by atoms with Crippen LogP contribution in [-0.4, -0.2) is 136 Å². The Hall–Kier alpha value is -4.70. The number of carbonyl (C=O) groups is 2. The van der Waals surface area contributed by atoms with Crippen LogP contribution in [0.1, 0.15) is 172 Å². The molecule has 4 aromatic carbocycles. The largest absolute Gasteiger partial charge is 0.490 e. The quantitative estimate of drug-likeness (QED) is 0.196. The lowest BCUT2D eigenvalue weighted by Crippen LogP contribution is -2.52. The lowest BCUT2D eigenvalue weighted by atomic mass is 9.64. The summed E-state index contributed by atoms with van der Waals surface area (Å²) >= 11 is 13.4. The molecule has 2 saturated carbocycles. The summed E-state index contributed by atoms with van der Waals surface area (Å²) in [5.41, 5.74) is 6.56. The highest BCUT2D eigenvalue weighted by molar-refractivity contribution is 7.91. The number of rotatable bonds is 4. The number of aryl methyl sites for hydroxylation is 2. The van der Waals surface area contributed by atoms with E-state index in [1.165, 1.54) is 22.3 Å². The van der Waals surface area contributed by atoms with Gasteiger partial charge in [0.1, 0.15) is 17.6 Å². The highest BCUT2D eigenvalue weighted by Crippen LogP contribution is 2.54. The Balaban J connectivity index is 0.836. The molecule has 0 aromatic heterocycles. The number of benzene rings is 4. The van der Waals surface area contributed by atoms with Crippen molar-refractivity contribution in [3.05, 3.63) is 116 Å². The number of hydrogen-bond donors (Lipinski definition) is 2. The molecule has 21 heteroatoms. The number of nitrogens with zero attached hydrogens (tertiary/aromatic N) is 3. The van der Waals surface area contributed by atoms with Crippen LogP contribution >= 0.6 is 23.2 Å². The zero-order valence-electron chi connectivity index (χ0n) is 55.4. The number of nitrogens with one attached hydrogen (secondary N) is 2. The molecule has 6 heterocycles. The normalized spacial score (nSPS) is 35.9. The van der Waals surface area contributed by atoms with E-state index in [2.05, 4.69) is 62.5 Å². The fraction of sp³-hybridized carbons (Fsp3) is 0.644. The van der Waals surface area contributed by atoms with Gasteiger partial charge in [0.15, 0.2) is 12.6 Å². The molecule has 2 unspecified atom stereocenters. The summed E-state index contributed by atoms with van der Waals surface area (Å²) in [4.78, 5) is 36.2. The lowest BCUT2D eigenvalue weighted by Gasteiger charge is -2.49. The van der Waals surface area contributed by atoms with Gasteiger partial charge >= 0.3 is 0 Å². The van der Waals surface area contributed by atoms with Crippen LogP contribution in [0.2, 0.25) is 10.0 Å². The maximum absolute atomic E-state index is 15.1. The molecule has 14 rings (SSSR count). The number of amides is 2. The van der Waals surface area contributed by atoms with Crippen molar-refractivity contribution in [2.75, 3.05) is 83.1 Å². The predicted molar refractivity (Wildman–Crippen MR) is 364 cm³/mol. The first-order valence-electron chi connectivity index (χ1n) is 35.0. The smallest absolute Gasteiger partial charge is 0.264 e. The van der Waals surface area contributed by atoms with Crippen molar-refractivity contribution in [3.8, 4) is 11.5 Å². The molecule has 510 valence electrons. The van der Waals surface area contributed by atoms with E-state index >= 15 is 4.79 Å². The summed E-state index contributed by atoms with van der Waals surface area (Å²) in [5.74, 6) is 0.170. The number of halogens is 2. The molecule has 4 aromatic rings. The minimum atomic E-state index is -4.17. The summed E-state index contributed by atoms with van der Waals surface area (Å²) in [5, 5.41) is -0.336. The second-order valence-corrected chi connectivity index (χ2v) is 35.2. The second kappa shape index (κ2) is 26.5. The number of hydrogen-bond acceptors (Lipinski definition) is 15. The van der Waals surface area contributed by atoms with Crippen LogP contribution in [0.5, 0.6) is 11.5 Å². The Morgan fingerprint density at radius 3 is 1.63 bits per heavy atom. The average Bonchev–Trinajstić information content (AvgIpc) is 1.50. The van der Waals surface area contributed by atoms with Crippen molar-refractivity contribution in [3.63, 3.8) is 0 Å². The molecule has 2 saturated heterocycles. The lowest BCUT2D eigenvalue weighted by molar-refractivity contribution is -0.240. The average molecular weight is 1370 g/mol. The molecule has 17 nitrogen and oxygen atoms in total. The Morgan fingerprint density at radius 1 is 0.553 bits per heavy atom. The molecule has 6 aliphatic heterocycles. The minimum absolute atomic E-state index is 0.0927. The highest BCUT2D eigenvalue weighted by atomic mass is 35.5. The van der Waals surface area contributed by atoms with Crippen LogP contribution in [0.15, 0.2) is 66.7 Å². The van der Waals surface area contributed by atoms with Gasteiger partial charge in [-0.25, -0.2) is 26.3 Å². The number of fused-ring (bicyclic) bond motifs is 8. The maximum atomic E-state index is 15.1. The first-order chi connectivity index (χ1) is 45.1. The molecular formula is C73H95Cl2N5O12S2. The number of likely N-dealkylation sites (N-methyl/N-ethyl adjacent to an activating group) is 1. The Bertz CT molecular complexity index is 3760. The van der Waals surface area contributed by atoms with E-state index in [0.29, 0.717) is 105 Å². The maximum Gasteiger partial charge on any atom is 0.264 e. The molecule has 0 radical (unpaired) electrons. The van der Waals surface area contributed by atoms with E-state index in [9.17, 15) is 21.6 Å². The van der Waals surface area contributed by atoms with Crippen molar-refractivity contribution >= 4 is 66.4 Å². The van der Waals surface area contributed by atoms with E-state index in [0.717, 1.165) is 88.4 Å². The van der Waals surface area contributed by atoms with Crippen molar-refractivity contribution < 1.29 is 54.8 Å². The van der Waals surface area contributed by atoms with Crippen LogP contribution in [0, 0.1) is 47.3 Å². The second-order valence-electron chi connectivity index (χ2n) is 30.3. The van der Waals surface area contributed by atoms with Crippen LogP contribution in [0.25, 0.3) is 0 Å². The van der Waals surface area contributed by atoms with Gasteiger partial charge < -0.3 is 43.1 Å². The molecule has 4 aliphatic carbocycles. The standard InChI is InChI=1S/C73H95Cl2N5O12S2/c1-43-11-7-15-58(70-87-36-55(37-88-70)78(5)6)56-22-17-51(56)35-80-40-73(28-10-14-48-30-54(75)21-25-62(48)73)42-91-67-60(31-52(33-64(67)80)69(82)77-94(85,86)46(43)4)66-38-89-71(92-66)59-16-8-12-44(2)45(3)93(83,84)76-68(81)49-19-26-65-63(32-49)79(34-50-18-23-57(50)59)39-72(41-90-65)27-9-13-47-29-53(74)20-24-61(47)72/h19-21,24-26,29-33,43-46,50-51,55-59,66,70-71H,7-18,22-23,27-28,34-42H2,1-6H3,(H,76,81)(H,77,82)/t43-,44-,45+,46+,50-,51-,55?,56+,57+,58-,59-,66?,70?,71?,72-,73-/m0/s1. The third kappa shape index (κ3) is 12.8. The molecule has 4 fully saturated rings. The zero-order valence-corrected chi connectivity index (χ0v) is 58.6. The van der Waals surface area contributed by atoms with Gasteiger partial charge in [0.05, 0.1) is 61.0 Å². The van der Waals surface area contributed by atoms with Gasteiger partial charge in [-0.15, -0.1) is 0 Å². The van der Waals surface area contributed by atoms with Gasteiger partial charge in [-0.1, -0.05) is 62.0 Å². The Labute approximate surface area is 566 Å². The van der Waals surface area contributed by atoms with Gasteiger partial charge in [-0.3, -0.25) is 9.59 Å². The fourth-order valence-electron chi connectivity index (χ4n) is 18.2. The van der Waals surface area contributed by atoms with Crippen LogP contribution < -0.4 is 28.7 Å². The molecule has 4 bridgehead atoms. The molecule has 2 amide bonds.